The van der Waals surface area contributed by atoms with E-state index in [0.717, 1.165) is 25.1 Å². The van der Waals surface area contributed by atoms with E-state index < -0.39 is 0 Å². The van der Waals surface area contributed by atoms with Crippen LogP contribution < -0.4 is 5.43 Å². The van der Waals surface area contributed by atoms with Gasteiger partial charge in [-0.05, 0) is 41.5 Å². The van der Waals surface area contributed by atoms with Crippen molar-refractivity contribution in [2.24, 2.45) is 0 Å². The van der Waals surface area contributed by atoms with Crippen molar-refractivity contribution in [3.63, 3.8) is 0 Å². The van der Waals surface area contributed by atoms with E-state index in [-0.39, 0.29) is 5.91 Å². The first-order valence-corrected chi connectivity index (χ1v) is 9.46. The van der Waals surface area contributed by atoms with Crippen molar-refractivity contribution in [2.45, 2.75) is 26.3 Å². The number of thiophene rings is 2. The summed E-state index contributed by atoms with van der Waals surface area (Å²) in [6, 6.07) is 10.7. The zero-order valence-electron chi connectivity index (χ0n) is 13.0. The maximum absolute atomic E-state index is 12.4. The Morgan fingerprint density at radius 2 is 2.13 bits per heavy atom. The Hall–Kier alpha value is -1.69. The van der Waals surface area contributed by atoms with E-state index in [2.05, 4.69) is 48.1 Å². The third-order valence-electron chi connectivity index (χ3n) is 4.21. The molecule has 118 valence electrons. The first-order valence-electron chi connectivity index (χ1n) is 7.77. The number of hydrogen-bond acceptors (Lipinski definition) is 4. The van der Waals surface area contributed by atoms with E-state index in [9.17, 15) is 4.79 Å². The molecule has 0 saturated heterocycles. The van der Waals surface area contributed by atoms with Crippen LogP contribution in [0.2, 0.25) is 0 Å². The standard InChI is InChI=1S/C18H18N2OS2/c1-12-8-16-18(23-12)15(11-22-16)9-17(21)19-20-7-6-13-4-2-3-5-14(13)10-20/h2-5,8,11H,6-7,9-10H2,1H3,(H,19,21). The Labute approximate surface area is 143 Å². The van der Waals surface area contributed by atoms with E-state index in [0.29, 0.717) is 6.42 Å². The van der Waals surface area contributed by atoms with Crippen LogP contribution in [0.4, 0.5) is 0 Å². The topological polar surface area (TPSA) is 32.3 Å². The van der Waals surface area contributed by atoms with Gasteiger partial charge in [0, 0.05) is 27.4 Å². The molecule has 0 aliphatic carbocycles. The number of carbonyl (C=O) groups excluding carboxylic acids is 1. The molecule has 2 aromatic heterocycles. The monoisotopic (exact) mass is 342 g/mol. The van der Waals surface area contributed by atoms with Crippen LogP contribution in [0.25, 0.3) is 9.40 Å². The van der Waals surface area contributed by atoms with Crippen molar-refractivity contribution in [3.8, 4) is 0 Å². The predicted octanol–water partition coefficient (Wildman–Crippen LogP) is 3.90. The molecule has 0 saturated carbocycles. The van der Waals surface area contributed by atoms with Crippen molar-refractivity contribution in [1.82, 2.24) is 10.4 Å². The zero-order valence-corrected chi connectivity index (χ0v) is 14.6. The van der Waals surface area contributed by atoms with Gasteiger partial charge in [0.1, 0.15) is 0 Å². The third-order valence-corrected chi connectivity index (χ3v) is 6.44. The number of nitrogens with one attached hydrogen (secondary N) is 1. The molecule has 0 bridgehead atoms. The smallest absolute Gasteiger partial charge is 0.238 e. The maximum Gasteiger partial charge on any atom is 0.238 e. The molecule has 1 N–H and O–H groups in total. The van der Waals surface area contributed by atoms with E-state index in [1.807, 2.05) is 5.01 Å². The van der Waals surface area contributed by atoms with Gasteiger partial charge in [0.15, 0.2) is 0 Å². The minimum absolute atomic E-state index is 0.0788. The summed E-state index contributed by atoms with van der Waals surface area (Å²) >= 11 is 3.51. The molecule has 0 unspecified atom stereocenters. The molecule has 23 heavy (non-hydrogen) atoms. The number of hydrogen-bond donors (Lipinski definition) is 1. The van der Waals surface area contributed by atoms with Crippen LogP contribution in [-0.4, -0.2) is 17.5 Å². The lowest BCUT2D eigenvalue weighted by molar-refractivity contribution is -0.125. The van der Waals surface area contributed by atoms with Crippen molar-refractivity contribution in [3.05, 3.63) is 57.3 Å². The minimum atomic E-state index is 0.0788. The highest BCUT2D eigenvalue weighted by molar-refractivity contribution is 7.27. The van der Waals surface area contributed by atoms with Gasteiger partial charge in [-0.15, -0.1) is 22.7 Å². The summed E-state index contributed by atoms with van der Waals surface area (Å²) in [5.41, 5.74) is 6.93. The van der Waals surface area contributed by atoms with Crippen LogP contribution in [0, 0.1) is 6.92 Å². The summed E-state index contributed by atoms with van der Waals surface area (Å²) in [7, 11) is 0. The molecule has 0 spiro atoms. The number of hydrazine groups is 1. The Kier molecular flexibility index (Phi) is 3.93. The van der Waals surface area contributed by atoms with Crippen molar-refractivity contribution < 1.29 is 4.79 Å². The van der Waals surface area contributed by atoms with Gasteiger partial charge >= 0.3 is 0 Å². The van der Waals surface area contributed by atoms with E-state index in [1.165, 1.54) is 25.4 Å². The van der Waals surface area contributed by atoms with Crippen LogP contribution >= 0.6 is 22.7 Å². The highest BCUT2D eigenvalue weighted by atomic mass is 32.1. The van der Waals surface area contributed by atoms with Crippen LogP contribution in [0.5, 0.6) is 0 Å². The quantitative estimate of drug-likeness (QED) is 0.783. The number of benzene rings is 1. The molecule has 5 heteroatoms. The first-order chi connectivity index (χ1) is 11.2. The summed E-state index contributed by atoms with van der Waals surface area (Å²) < 4.78 is 2.56. The van der Waals surface area contributed by atoms with Crippen LogP contribution in [0.15, 0.2) is 35.7 Å². The average Bonchev–Trinajstić information content (AvgIpc) is 3.07. The Bertz CT molecular complexity index is 865. The molecule has 1 aliphatic rings. The van der Waals surface area contributed by atoms with Gasteiger partial charge in [-0.2, -0.15) is 0 Å². The summed E-state index contributed by atoms with van der Waals surface area (Å²) in [5, 5.41) is 4.15. The SMILES string of the molecule is Cc1cc2scc(CC(=O)NN3CCc4ccccc4C3)c2s1. The second-order valence-electron chi connectivity index (χ2n) is 5.96. The number of aryl methyl sites for hydroxylation is 1. The maximum atomic E-state index is 12.4. The number of carbonyl (C=O) groups is 1. The van der Waals surface area contributed by atoms with Gasteiger partial charge in [0.25, 0.3) is 0 Å². The lowest BCUT2D eigenvalue weighted by atomic mass is 10.0. The Balaban J connectivity index is 1.43. The fourth-order valence-corrected chi connectivity index (χ4v) is 5.38. The largest absolute Gasteiger partial charge is 0.288 e. The fraction of sp³-hybridized carbons (Fsp3) is 0.278. The molecule has 3 heterocycles. The Morgan fingerprint density at radius 3 is 3.00 bits per heavy atom. The Morgan fingerprint density at radius 1 is 1.30 bits per heavy atom. The van der Waals surface area contributed by atoms with Gasteiger partial charge in [-0.25, -0.2) is 5.01 Å². The second kappa shape index (κ2) is 6.07. The van der Waals surface area contributed by atoms with Gasteiger partial charge < -0.3 is 0 Å². The molecule has 1 aliphatic heterocycles. The van der Waals surface area contributed by atoms with Gasteiger partial charge in [0.05, 0.1) is 6.42 Å². The minimum Gasteiger partial charge on any atom is -0.288 e. The number of fused-ring (bicyclic) bond motifs is 2. The van der Waals surface area contributed by atoms with E-state index in [4.69, 9.17) is 0 Å². The average molecular weight is 342 g/mol. The van der Waals surface area contributed by atoms with Crippen LogP contribution in [0.1, 0.15) is 21.6 Å². The normalized spacial score (nSPS) is 14.8. The van der Waals surface area contributed by atoms with Crippen molar-refractivity contribution in [2.75, 3.05) is 6.54 Å². The molecular formula is C18H18N2OS2. The van der Waals surface area contributed by atoms with E-state index >= 15 is 0 Å². The zero-order chi connectivity index (χ0) is 15.8. The predicted molar refractivity (Wildman–Crippen MR) is 96.8 cm³/mol. The van der Waals surface area contributed by atoms with E-state index in [1.54, 1.807) is 22.7 Å². The first kappa shape index (κ1) is 14.9. The summed E-state index contributed by atoms with van der Waals surface area (Å²) in [6.07, 6.45) is 1.45. The number of rotatable bonds is 3. The molecule has 3 aromatic rings. The lowest BCUT2D eigenvalue weighted by Gasteiger charge is -2.28. The lowest BCUT2D eigenvalue weighted by Crippen LogP contribution is -2.45. The van der Waals surface area contributed by atoms with Crippen LogP contribution in [0.3, 0.4) is 0 Å². The molecule has 0 radical (unpaired) electrons. The highest BCUT2D eigenvalue weighted by Gasteiger charge is 2.18. The van der Waals surface area contributed by atoms with Gasteiger partial charge in [-0.3, -0.25) is 10.2 Å². The van der Waals surface area contributed by atoms with Gasteiger partial charge in [-0.1, -0.05) is 24.3 Å². The fourth-order valence-electron chi connectivity index (χ4n) is 3.09. The second-order valence-corrected chi connectivity index (χ2v) is 8.13. The number of nitrogens with zero attached hydrogens (tertiary/aromatic N) is 1. The highest BCUT2D eigenvalue weighted by Crippen LogP contribution is 2.33. The third kappa shape index (κ3) is 3.04. The number of amides is 1. The molecule has 1 amide bonds. The summed E-state index contributed by atoms with van der Waals surface area (Å²) in [5.74, 6) is 0.0788. The summed E-state index contributed by atoms with van der Waals surface area (Å²) in [4.78, 5) is 13.7. The molecule has 0 atom stereocenters. The molecule has 3 nitrogen and oxygen atoms in total. The van der Waals surface area contributed by atoms with Crippen molar-refractivity contribution in [1.29, 1.82) is 0 Å². The summed E-state index contributed by atoms with van der Waals surface area (Å²) in [6.45, 7) is 3.78. The molecular weight excluding hydrogens is 324 g/mol. The van der Waals surface area contributed by atoms with Gasteiger partial charge in [0.2, 0.25) is 5.91 Å². The molecule has 0 fully saturated rings. The molecule has 4 rings (SSSR count). The van der Waals surface area contributed by atoms with Crippen LogP contribution in [-0.2, 0) is 24.2 Å². The molecule has 1 aromatic carbocycles. The van der Waals surface area contributed by atoms with Crippen molar-refractivity contribution >= 4 is 38.0 Å².